The smallest absolute Gasteiger partial charge is 0.254 e. The van der Waals surface area contributed by atoms with Gasteiger partial charge in [0.1, 0.15) is 12.6 Å². The van der Waals surface area contributed by atoms with E-state index in [4.69, 9.17) is 32.8 Å². The molecule has 168 valence electrons. The highest BCUT2D eigenvalue weighted by molar-refractivity contribution is 6.42. The highest BCUT2D eigenvalue weighted by atomic mass is 35.5. The molecule has 2 aliphatic heterocycles. The third-order valence-electron chi connectivity index (χ3n) is 5.46. The van der Waals surface area contributed by atoms with Crippen molar-refractivity contribution in [2.24, 2.45) is 5.16 Å². The Morgan fingerprint density at radius 3 is 2.53 bits per heavy atom. The van der Waals surface area contributed by atoms with Crippen LogP contribution in [0.1, 0.15) is 22.3 Å². The largest absolute Gasteiger partial charge is 0.391 e. The lowest BCUT2D eigenvalue weighted by atomic mass is 10.1. The minimum atomic E-state index is -0.617. The van der Waals surface area contributed by atoms with E-state index in [1.165, 1.54) is 0 Å². The van der Waals surface area contributed by atoms with Gasteiger partial charge in [-0.1, -0.05) is 52.6 Å². The summed E-state index contributed by atoms with van der Waals surface area (Å²) in [6, 6.07) is 13.5. The van der Waals surface area contributed by atoms with Gasteiger partial charge in [-0.05, 0) is 29.8 Å². The highest BCUT2D eigenvalue weighted by Gasteiger charge is 2.40. The van der Waals surface area contributed by atoms with Crippen molar-refractivity contribution in [3.8, 4) is 0 Å². The lowest BCUT2D eigenvalue weighted by Gasteiger charge is -2.32. The van der Waals surface area contributed by atoms with E-state index in [9.17, 15) is 9.59 Å². The van der Waals surface area contributed by atoms with E-state index >= 15 is 0 Å². The number of halogens is 2. The summed E-state index contributed by atoms with van der Waals surface area (Å²) in [6.07, 6.45) is 0.330. The molecule has 2 fully saturated rings. The topological polar surface area (TPSA) is 71.4 Å². The molecule has 0 aliphatic carbocycles. The molecule has 1 atom stereocenters. The third kappa shape index (κ3) is 5.23. The van der Waals surface area contributed by atoms with Crippen molar-refractivity contribution in [2.45, 2.75) is 19.1 Å². The maximum Gasteiger partial charge on any atom is 0.254 e. The van der Waals surface area contributed by atoms with Gasteiger partial charge in [0.25, 0.3) is 5.91 Å². The van der Waals surface area contributed by atoms with E-state index in [-0.39, 0.29) is 25.0 Å². The van der Waals surface area contributed by atoms with Gasteiger partial charge in [-0.15, -0.1) is 0 Å². The van der Waals surface area contributed by atoms with Gasteiger partial charge in [0.05, 0.1) is 35.5 Å². The van der Waals surface area contributed by atoms with Gasteiger partial charge in [0.15, 0.2) is 0 Å². The van der Waals surface area contributed by atoms with Crippen LogP contribution in [0.2, 0.25) is 10.0 Å². The fourth-order valence-corrected chi connectivity index (χ4v) is 4.09. The first-order valence-electron chi connectivity index (χ1n) is 10.4. The Bertz CT molecular complexity index is 1010. The van der Waals surface area contributed by atoms with Gasteiger partial charge in [0, 0.05) is 25.1 Å². The number of nitrogens with zero attached hydrogens (tertiary/aromatic N) is 3. The summed E-state index contributed by atoms with van der Waals surface area (Å²) >= 11 is 12.0. The zero-order valence-electron chi connectivity index (χ0n) is 17.4. The molecular formula is C23H23Cl2N3O4. The van der Waals surface area contributed by atoms with E-state index < -0.39 is 6.04 Å². The number of carbonyl (C=O) groups excluding carboxylic acids is 2. The van der Waals surface area contributed by atoms with Crippen LogP contribution in [0.4, 0.5) is 0 Å². The Labute approximate surface area is 196 Å². The van der Waals surface area contributed by atoms with E-state index in [1.54, 1.807) is 52.3 Å². The number of oxime groups is 1. The summed E-state index contributed by atoms with van der Waals surface area (Å²) in [6.45, 7) is 2.47. The Morgan fingerprint density at radius 1 is 1.06 bits per heavy atom. The second-order valence-corrected chi connectivity index (χ2v) is 8.45. The molecule has 0 N–H and O–H groups in total. The zero-order valence-corrected chi connectivity index (χ0v) is 18.9. The molecule has 2 amide bonds. The average molecular weight is 476 g/mol. The van der Waals surface area contributed by atoms with Crippen molar-refractivity contribution in [3.63, 3.8) is 0 Å². The van der Waals surface area contributed by atoms with Crippen molar-refractivity contribution < 1.29 is 19.2 Å². The summed E-state index contributed by atoms with van der Waals surface area (Å²) < 4.78 is 5.35. The van der Waals surface area contributed by atoms with Crippen molar-refractivity contribution in [2.75, 3.05) is 32.8 Å². The van der Waals surface area contributed by atoms with Crippen LogP contribution in [0.25, 0.3) is 0 Å². The molecule has 0 aromatic heterocycles. The van der Waals surface area contributed by atoms with E-state index in [1.807, 2.05) is 6.07 Å². The fraction of sp³-hybridized carbons (Fsp3) is 0.348. The van der Waals surface area contributed by atoms with Crippen LogP contribution < -0.4 is 0 Å². The van der Waals surface area contributed by atoms with Gasteiger partial charge in [0.2, 0.25) is 5.91 Å². The molecule has 0 spiro atoms. The lowest BCUT2D eigenvalue weighted by molar-refractivity contribution is -0.139. The predicted octanol–water partition coefficient (Wildman–Crippen LogP) is 3.64. The second-order valence-electron chi connectivity index (χ2n) is 7.64. The maximum atomic E-state index is 13.2. The average Bonchev–Trinajstić information content (AvgIpc) is 3.25. The van der Waals surface area contributed by atoms with Crippen LogP contribution in [0.15, 0.2) is 53.7 Å². The number of carbonyl (C=O) groups is 2. The van der Waals surface area contributed by atoms with Crippen LogP contribution in [0, 0.1) is 0 Å². The minimum Gasteiger partial charge on any atom is -0.391 e. The molecular weight excluding hydrogens is 453 g/mol. The Kier molecular flexibility index (Phi) is 7.29. The van der Waals surface area contributed by atoms with Crippen molar-refractivity contribution >= 4 is 40.7 Å². The summed E-state index contributed by atoms with van der Waals surface area (Å²) in [5, 5.41) is 5.14. The molecule has 2 saturated heterocycles. The van der Waals surface area contributed by atoms with Gasteiger partial charge < -0.3 is 19.4 Å². The van der Waals surface area contributed by atoms with Crippen molar-refractivity contribution in [3.05, 3.63) is 69.7 Å². The number of likely N-dealkylation sites (tertiary alicyclic amines) is 1. The van der Waals surface area contributed by atoms with Crippen LogP contribution in [0.3, 0.4) is 0 Å². The second kappa shape index (κ2) is 10.3. The number of amides is 2. The Morgan fingerprint density at radius 2 is 1.81 bits per heavy atom. The quantitative estimate of drug-likeness (QED) is 0.618. The monoisotopic (exact) mass is 475 g/mol. The van der Waals surface area contributed by atoms with Crippen LogP contribution in [0.5, 0.6) is 0 Å². The Hall–Kier alpha value is -2.61. The molecule has 7 nitrogen and oxygen atoms in total. The lowest BCUT2D eigenvalue weighted by Crippen LogP contribution is -2.51. The number of hydrogen-bond donors (Lipinski definition) is 0. The van der Waals surface area contributed by atoms with Crippen molar-refractivity contribution in [1.29, 1.82) is 0 Å². The predicted molar refractivity (Wildman–Crippen MR) is 122 cm³/mol. The van der Waals surface area contributed by atoms with E-state index in [0.717, 1.165) is 5.56 Å². The van der Waals surface area contributed by atoms with E-state index in [0.29, 0.717) is 54.0 Å². The standard InChI is InChI=1S/C23H23Cl2N3O4/c24-19-7-6-16(12-20(19)25)15-32-26-18-13-21(23(30)27-8-10-31-11-9-27)28(14-18)22(29)17-4-2-1-3-5-17/h1-7,12,21H,8-11,13-15H2/t21-/m0/s1. The SMILES string of the molecule is O=C([C@@H]1CC(=NOCc2ccc(Cl)c(Cl)c2)CN1C(=O)c1ccccc1)N1CCOCC1. The van der Waals surface area contributed by atoms with E-state index in [2.05, 4.69) is 5.16 Å². The molecule has 4 rings (SSSR count). The number of hydrogen-bond acceptors (Lipinski definition) is 5. The first-order valence-corrected chi connectivity index (χ1v) is 11.1. The number of ether oxygens (including phenoxy) is 1. The normalized spacial score (nSPS) is 19.9. The first-order chi connectivity index (χ1) is 15.5. The third-order valence-corrected chi connectivity index (χ3v) is 6.20. The molecule has 32 heavy (non-hydrogen) atoms. The highest BCUT2D eigenvalue weighted by Crippen LogP contribution is 2.24. The zero-order chi connectivity index (χ0) is 22.5. The minimum absolute atomic E-state index is 0.0905. The maximum absolute atomic E-state index is 13.2. The molecule has 2 aliphatic rings. The molecule has 2 aromatic rings. The van der Waals surface area contributed by atoms with Crippen LogP contribution in [-0.2, 0) is 21.0 Å². The summed E-state index contributed by atoms with van der Waals surface area (Å²) in [7, 11) is 0. The molecule has 9 heteroatoms. The van der Waals surface area contributed by atoms with Crippen LogP contribution >= 0.6 is 23.2 Å². The molecule has 0 unspecified atom stereocenters. The van der Waals surface area contributed by atoms with Crippen LogP contribution in [-0.4, -0.2) is 66.2 Å². The summed E-state index contributed by atoms with van der Waals surface area (Å²) in [5.74, 6) is -0.292. The Balaban J connectivity index is 1.49. The fourth-order valence-electron chi connectivity index (χ4n) is 3.77. The van der Waals surface area contributed by atoms with Gasteiger partial charge in [-0.25, -0.2) is 0 Å². The number of benzene rings is 2. The first kappa shape index (κ1) is 22.6. The molecule has 0 saturated carbocycles. The van der Waals surface area contributed by atoms with Gasteiger partial charge in [-0.3, -0.25) is 9.59 Å². The molecule has 0 radical (unpaired) electrons. The summed E-state index contributed by atoms with van der Waals surface area (Å²) in [4.78, 5) is 35.2. The van der Waals surface area contributed by atoms with Gasteiger partial charge in [-0.2, -0.15) is 0 Å². The number of rotatable bonds is 5. The van der Waals surface area contributed by atoms with Crippen molar-refractivity contribution in [1.82, 2.24) is 9.80 Å². The summed E-state index contributed by atoms with van der Waals surface area (Å²) in [5.41, 5.74) is 1.99. The van der Waals surface area contributed by atoms with Gasteiger partial charge >= 0.3 is 0 Å². The molecule has 2 aromatic carbocycles. The molecule has 0 bridgehead atoms. The number of morpholine rings is 1. The molecule has 2 heterocycles.